The van der Waals surface area contributed by atoms with E-state index >= 15 is 0 Å². The standard InChI is InChI=1S/C25H27ClN2/c26-25-13-7-12-22-19-28(15-14-27-18-21-10-5-2-6-11-21)23(17-24(22)25)16-20-8-3-1-4-9-20/h1-13,23,27H,14-19H2. The summed E-state index contributed by atoms with van der Waals surface area (Å²) in [5, 5.41) is 4.52. The predicted octanol–water partition coefficient (Wildman–Crippen LogP) is 5.10. The van der Waals surface area contributed by atoms with Crippen LogP contribution >= 0.6 is 11.6 Å². The summed E-state index contributed by atoms with van der Waals surface area (Å²) in [6.45, 7) is 3.91. The minimum absolute atomic E-state index is 0.480. The van der Waals surface area contributed by atoms with E-state index < -0.39 is 0 Å². The molecule has 0 bridgehead atoms. The first-order valence-electron chi connectivity index (χ1n) is 10.1. The molecule has 3 aromatic rings. The summed E-state index contributed by atoms with van der Waals surface area (Å²) in [4.78, 5) is 2.61. The third-order valence-corrected chi connectivity index (χ3v) is 5.96. The Kier molecular flexibility index (Phi) is 6.43. The molecule has 28 heavy (non-hydrogen) atoms. The zero-order valence-electron chi connectivity index (χ0n) is 16.2. The second-order valence-corrected chi connectivity index (χ2v) is 7.97. The Balaban J connectivity index is 1.42. The van der Waals surface area contributed by atoms with Gasteiger partial charge in [0.25, 0.3) is 0 Å². The van der Waals surface area contributed by atoms with Crippen LogP contribution in [-0.2, 0) is 25.9 Å². The fraction of sp³-hybridized carbons (Fsp3) is 0.280. The molecule has 0 fully saturated rings. The normalized spacial score (nSPS) is 16.7. The van der Waals surface area contributed by atoms with Crippen LogP contribution in [0, 0.1) is 0 Å². The van der Waals surface area contributed by atoms with Crippen molar-refractivity contribution >= 4 is 11.6 Å². The average Bonchev–Trinajstić information content (AvgIpc) is 2.73. The number of benzene rings is 3. The molecule has 0 aromatic heterocycles. The summed E-state index contributed by atoms with van der Waals surface area (Å²) >= 11 is 6.52. The van der Waals surface area contributed by atoms with Crippen molar-refractivity contribution in [2.45, 2.75) is 32.0 Å². The number of hydrogen-bond donors (Lipinski definition) is 1. The van der Waals surface area contributed by atoms with Gasteiger partial charge in [-0.3, -0.25) is 4.90 Å². The van der Waals surface area contributed by atoms with E-state index in [4.69, 9.17) is 11.6 Å². The number of halogens is 1. The fourth-order valence-corrected chi connectivity index (χ4v) is 4.36. The van der Waals surface area contributed by atoms with E-state index in [1.807, 2.05) is 6.07 Å². The van der Waals surface area contributed by atoms with Gasteiger partial charge >= 0.3 is 0 Å². The van der Waals surface area contributed by atoms with Crippen LogP contribution in [0.4, 0.5) is 0 Å². The van der Waals surface area contributed by atoms with Gasteiger partial charge in [0.1, 0.15) is 0 Å². The van der Waals surface area contributed by atoms with Gasteiger partial charge in [0.05, 0.1) is 0 Å². The van der Waals surface area contributed by atoms with Gasteiger partial charge in [-0.1, -0.05) is 84.4 Å². The van der Waals surface area contributed by atoms with Gasteiger partial charge in [0.15, 0.2) is 0 Å². The maximum Gasteiger partial charge on any atom is 0.0441 e. The summed E-state index contributed by atoms with van der Waals surface area (Å²) in [5.41, 5.74) is 5.43. The first-order valence-corrected chi connectivity index (χ1v) is 10.5. The quantitative estimate of drug-likeness (QED) is 0.564. The lowest BCUT2D eigenvalue weighted by Crippen LogP contribution is -2.44. The Labute approximate surface area is 173 Å². The first kappa shape index (κ1) is 19.2. The Morgan fingerprint density at radius 2 is 1.57 bits per heavy atom. The van der Waals surface area contributed by atoms with Crippen LogP contribution in [0.5, 0.6) is 0 Å². The van der Waals surface area contributed by atoms with Crippen molar-refractivity contribution in [2.75, 3.05) is 13.1 Å². The van der Waals surface area contributed by atoms with Crippen LogP contribution in [0.3, 0.4) is 0 Å². The number of nitrogens with one attached hydrogen (secondary N) is 1. The molecule has 1 N–H and O–H groups in total. The van der Waals surface area contributed by atoms with Crippen molar-refractivity contribution in [3.05, 3.63) is 106 Å². The summed E-state index contributed by atoms with van der Waals surface area (Å²) in [6, 6.07) is 28.2. The minimum Gasteiger partial charge on any atom is -0.311 e. The highest BCUT2D eigenvalue weighted by Crippen LogP contribution is 2.30. The average molecular weight is 391 g/mol. The summed E-state index contributed by atoms with van der Waals surface area (Å²) in [5.74, 6) is 0. The molecule has 0 radical (unpaired) electrons. The summed E-state index contributed by atoms with van der Waals surface area (Å²) in [7, 11) is 0. The molecule has 0 saturated carbocycles. The zero-order chi connectivity index (χ0) is 19.2. The molecule has 2 nitrogen and oxygen atoms in total. The van der Waals surface area contributed by atoms with Gasteiger partial charge in [-0.05, 0) is 41.2 Å². The highest BCUT2D eigenvalue weighted by Gasteiger charge is 2.27. The van der Waals surface area contributed by atoms with E-state index in [0.717, 1.165) is 44.0 Å². The highest BCUT2D eigenvalue weighted by atomic mass is 35.5. The van der Waals surface area contributed by atoms with Crippen molar-refractivity contribution in [1.29, 1.82) is 0 Å². The van der Waals surface area contributed by atoms with Crippen LogP contribution in [0.25, 0.3) is 0 Å². The third kappa shape index (κ3) is 4.82. The summed E-state index contributed by atoms with van der Waals surface area (Å²) in [6.07, 6.45) is 2.08. The lowest BCUT2D eigenvalue weighted by molar-refractivity contribution is 0.170. The summed E-state index contributed by atoms with van der Waals surface area (Å²) < 4.78 is 0. The second kappa shape index (κ2) is 9.38. The monoisotopic (exact) mass is 390 g/mol. The van der Waals surface area contributed by atoms with E-state index in [2.05, 4.69) is 83.0 Å². The lowest BCUT2D eigenvalue weighted by Gasteiger charge is -2.37. The van der Waals surface area contributed by atoms with Crippen molar-refractivity contribution in [3.8, 4) is 0 Å². The van der Waals surface area contributed by atoms with Gasteiger partial charge in [-0.15, -0.1) is 0 Å². The lowest BCUT2D eigenvalue weighted by atomic mass is 9.90. The van der Waals surface area contributed by atoms with Gasteiger partial charge < -0.3 is 5.32 Å². The van der Waals surface area contributed by atoms with E-state index in [9.17, 15) is 0 Å². The van der Waals surface area contributed by atoms with E-state index in [1.165, 1.54) is 22.3 Å². The number of rotatable bonds is 7. The molecule has 0 aliphatic carbocycles. The molecule has 0 amide bonds. The second-order valence-electron chi connectivity index (χ2n) is 7.56. The molecule has 0 spiro atoms. The molecule has 1 atom stereocenters. The Morgan fingerprint density at radius 3 is 2.32 bits per heavy atom. The SMILES string of the molecule is Clc1cccc2c1CC(Cc1ccccc1)N(CCNCc1ccccc1)C2. The maximum absolute atomic E-state index is 6.52. The van der Waals surface area contributed by atoms with Crippen LogP contribution in [0.15, 0.2) is 78.9 Å². The maximum atomic E-state index is 6.52. The van der Waals surface area contributed by atoms with Gasteiger partial charge in [0, 0.05) is 37.2 Å². The topological polar surface area (TPSA) is 15.3 Å². The highest BCUT2D eigenvalue weighted by molar-refractivity contribution is 6.31. The minimum atomic E-state index is 0.480. The molecule has 0 saturated heterocycles. The predicted molar refractivity (Wildman–Crippen MR) is 118 cm³/mol. The Hall–Kier alpha value is -2.13. The smallest absolute Gasteiger partial charge is 0.0441 e. The van der Waals surface area contributed by atoms with E-state index in [1.54, 1.807) is 0 Å². The molecule has 4 rings (SSSR count). The van der Waals surface area contributed by atoms with Gasteiger partial charge in [-0.2, -0.15) is 0 Å². The van der Waals surface area contributed by atoms with Crippen molar-refractivity contribution in [3.63, 3.8) is 0 Å². The molecular formula is C25H27ClN2. The van der Waals surface area contributed by atoms with Crippen LogP contribution in [-0.4, -0.2) is 24.0 Å². The molecule has 3 aromatic carbocycles. The third-order valence-electron chi connectivity index (χ3n) is 5.61. The molecule has 1 unspecified atom stereocenters. The van der Waals surface area contributed by atoms with Gasteiger partial charge in [-0.25, -0.2) is 0 Å². The first-order chi connectivity index (χ1) is 13.8. The number of fused-ring (bicyclic) bond motifs is 1. The van der Waals surface area contributed by atoms with E-state index in [0.29, 0.717) is 6.04 Å². The van der Waals surface area contributed by atoms with Crippen molar-refractivity contribution < 1.29 is 0 Å². The Morgan fingerprint density at radius 1 is 0.857 bits per heavy atom. The van der Waals surface area contributed by atoms with Gasteiger partial charge in [0.2, 0.25) is 0 Å². The van der Waals surface area contributed by atoms with Crippen LogP contribution in [0.1, 0.15) is 22.3 Å². The van der Waals surface area contributed by atoms with Crippen LogP contribution < -0.4 is 5.32 Å². The van der Waals surface area contributed by atoms with E-state index in [-0.39, 0.29) is 0 Å². The zero-order valence-corrected chi connectivity index (χ0v) is 16.9. The van der Waals surface area contributed by atoms with Crippen molar-refractivity contribution in [2.24, 2.45) is 0 Å². The molecular weight excluding hydrogens is 364 g/mol. The molecule has 3 heteroatoms. The number of hydrogen-bond acceptors (Lipinski definition) is 2. The fourth-order valence-electron chi connectivity index (χ4n) is 4.09. The van der Waals surface area contributed by atoms with Crippen LogP contribution in [0.2, 0.25) is 5.02 Å². The molecule has 1 heterocycles. The molecule has 144 valence electrons. The van der Waals surface area contributed by atoms with Crippen molar-refractivity contribution in [1.82, 2.24) is 10.2 Å². The molecule has 1 aliphatic heterocycles. The molecule has 1 aliphatic rings. The largest absolute Gasteiger partial charge is 0.311 e. The Bertz CT molecular complexity index is 880. The number of nitrogens with zero attached hydrogens (tertiary/aromatic N) is 1.